The van der Waals surface area contributed by atoms with Crippen LogP contribution in [0.15, 0.2) is 27.8 Å². The zero-order valence-electron chi connectivity index (χ0n) is 14.2. The largest absolute Gasteiger partial charge is 0.356 e. The minimum atomic E-state index is -0.276. The zero-order chi connectivity index (χ0) is 17.7. The van der Waals surface area contributed by atoms with E-state index in [-0.39, 0.29) is 23.4 Å². The Balaban J connectivity index is 1.86. The Morgan fingerprint density at radius 1 is 1.25 bits per heavy atom. The van der Waals surface area contributed by atoms with Crippen LogP contribution in [0.5, 0.6) is 0 Å². The maximum Gasteiger partial charge on any atom is 0.254 e. The van der Waals surface area contributed by atoms with E-state index in [9.17, 15) is 14.4 Å². The molecule has 0 bridgehead atoms. The second-order valence-corrected chi connectivity index (χ2v) is 5.75. The van der Waals surface area contributed by atoms with Gasteiger partial charge in [0.1, 0.15) is 5.82 Å². The Morgan fingerprint density at radius 3 is 2.67 bits per heavy atom. The molecule has 0 saturated carbocycles. The summed E-state index contributed by atoms with van der Waals surface area (Å²) in [5.74, 6) is 0.303. The molecule has 0 aromatic carbocycles. The van der Waals surface area contributed by atoms with E-state index in [2.05, 4.69) is 15.3 Å². The van der Waals surface area contributed by atoms with E-state index in [1.165, 1.54) is 6.07 Å². The van der Waals surface area contributed by atoms with E-state index in [1.807, 2.05) is 13.0 Å². The standard InChI is InChI=1S/C17H22N4O3/c1-11-6-4-7-16(23)21(11)9-5-8-18-15(22)10-14-12(2)19-13(3)20-17(14)24/h4,6-7H,5,8-10H2,1-3H3,(H,18,22)(H,19,20,24). The fourth-order valence-electron chi connectivity index (χ4n) is 2.56. The van der Waals surface area contributed by atoms with Gasteiger partial charge < -0.3 is 14.9 Å². The molecule has 0 spiro atoms. The van der Waals surface area contributed by atoms with Crippen molar-refractivity contribution in [3.8, 4) is 0 Å². The highest BCUT2D eigenvalue weighted by Gasteiger charge is 2.11. The number of carbonyl (C=O) groups is 1. The first kappa shape index (κ1) is 17.7. The average Bonchev–Trinajstić information content (AvgIpc) is 2.49. The molecule has 128 valence electrons. The minimum absolute atomic E-state index is 0.00123. The van der Waals surface area contributed by atoms with Crippen LogP contribution in [0.3, 0.4) is 0 Å². The number of aromatic nitrogens is 3. The van der Waals surface area contributed by atoms with Crippen LogP contribution in [-0.2, 0) is 17.8 Å². The zero-order valence-corrected chi connectivity index (χ0v) is 14.2. The highest BCUT2D eigenvalue weighted by molar-refractivity contribution is 5.78. The Morgan fingerprint density at radius 2 is 2.00 bits per heavy atom. The molecule has 0 radical (unpaired) electrons. The molecule has 0 saturated heterocycles. The molecular weight excluding hydrogens is 308 g/mol. The van der Waals surface area contributed by atoms with Crippen molar-refractivity contribution < 1.29 is 4.79 Å². The van der Waals surface area contributed by atoms with Crippen LogP contribution in [0, 0.1) is 20.8 Å². The maximum atomic E-state index is 12.0. The van der Waals surface area contributed by atoms with Crippen LogP contribution in [0.2, 0.25) is 0 Å². The maximum absolute atomic E-state index is 12.0. The number of aryl methyl sites for hydroxylation is 3. The van der Waals surface area contributed by atoms with Crippen molar-refractivity contribution >= 4 is 5.91 Å². The fourth-order valence-corrected chi connectivity index (χ4v) is 2.56. The summed E-state index contributed by atoms with van der Waals surface area (Å²) >= 11 is 0. The van der Waals surface area contributed by atoms with Gasteiger partial charge in [0.25, 0.3) is 11.1 Å². The van der Waals surface area contributed by atoms with Gasteiger partial charge in [-0.25, -0.2) is 4.98 Å². The van der Waals surface area contributed by atoms with Gasteiger partial charge in [-0.2, -0.15) is 0 Å². The molecule has 2 rings (SSSR count). The molecule has 0 fully saturated rings. The van der Waals surface area contributed by atoms with E-state index < -0.39 is 0 Å². The molecule has 0 aliphatic rings. The summed E-state index contributed by atoms with van der Waals surface area (Å²) in [4.78, 5) is 42.4. The number of aromatic amines is 1. The molecular formula is C17H22N4O3. The number of nitrogens with one attached hydrogen (secondary N) is 2. The van der Waals surface area contributed by atoms with Crippen LogP contribution in [0.1, 0.15) is 29.2 Å². The molecule has 7 heteroatoms. The first-order valence-corrected chi connectivity index (χ1v) is 7.88. The number of rotatable bonds is 6. The molecule has 7 nitrogen and oxygen atoms in total. The van der Waals surface area contributed by atoms with Gasteiger partial charge in [-0.05, 0) is 33.3 Å². The van der Waals surface area contributed by atoms with Crippen LogP contribution in [0.4, 0.5) is 0 Å². The van der Waals surface area contributed by atoms with Gasteiger partial charge >= 0.3 is 0 Å². The van der Waals surface area contributed by atoms with E-state index in [1.54, 1.807) is 24.5 Å². The van der Waals surface area contributed by atoms with Gasteiger partial charge in [0, 0.05) is 36.1 Å². The molecule has 1 amide bonds. The molecule has 0 aliphatic heterocycles. The fraction of sp³-hybridized carbons (Fsp3) is 0.412. The van der Waals surface area contributed by atoms with Crippen LogP contribution < -0.4 is 16.4 Å². The summed E-state index contributed by atoms with van der Waals surface area (Å²) in [5, 5.41) is 2.77. The normalized spacial score (nSPS) is 10.6. The number of hydrogen-bond donors (Lipinski definition) is 2. The highest BCUT2D eigenvalue weighted by Crippen LogP contribution is 2.00. The summed E-state index contributed by atoms with van der Waals surface area (Å²) in [5.41, 5.74) is 1.52. The lowest BCUT2D eigenvalue weighted by Gasteiger charge is -2.10. The minimum Gasteiger partial charge on any atom is -0.356 e. The topological polar surface area (TPSA) is 96.8 Å². The van der Waals surface area contributed by atoms with E-state index in [0.717, 1.165) is 5.69 Å². The number of carbonyl (C=O) groups excluding carboxylic acids is 1. The molecule has 2 aromatic rings. The van der Waals surface area contributed by atoms with Crippen molar-refractivity contribution in [1.29, 1.82) is 0 Å². The summed E-state index contributed by atoms with van der Waals surface area (Å²) < 4.78 is 1.67. The van der Waals surface area contributed by atoms with Crippen molar-refractivity contribution in [3.63, 3.8) is 0 Å². The van der Waals surface area contributed by atoms with Gasteiger partial charge in [0.2, 0.25) is 5.91 Å². The van der Waals surface area contributed by atoms with Gasteiger partial charge in [-0.3, -0.25) is 14.4 Å². The summed E-state index contributed by atoms with van der Waals surface area (Å²) in [6.45, 7) is 6.27. The first-order valence-electron chi connectivity index (χ1n) is 7.88. The lowest BCUT2D eigenvalue weighted by atomic mass is 10.1. The number of hydrogen-bond acceptors (Lipinski definition) is 4. The average molecular weight is 330 g/mol. The predicted octanol–water partition coefficient (Wildman–Crippen LogP) is 0.606. The lowest BCUT2D eigenvalue weighted by molar-refractivity contribution is -0.120. The molecule has 0 atom stereocenters. The third-order valence-corrected chi connectivity index (χ3v) is 3.83. The van der Waals surface area contributed by atoms with Crippen molar-refractivity contribution in [3.05, 3.63) is 61.7 Å². The molecule has 2 aromatic heterocycles. The van der Waals surface area contributed by atoms with Crippen molar-refractivity contribution in [2.75, 3.05) is 6.54 Å². The van der Waals surface area contributed by atoms with Crippen LogP contribution in [-0.4, -0.2) is 27.0 Å². The molecule has 0 aliphatic carbocycles. The smallest absolute Gasteiger partial charge is 0.254 e. The predicted molar refractivity (Wildman–Crippen MR) is 91.1 cm³/mol. The molecule has 0 unspecified atom stereocenters. The second kappa shape index (κ2) is 7.72. The van der Waals surface area contributed by atoms with Crippen molar-refractivity contribution in [2.24, 2.45) is 0 Å². The van der Waals surface area contributed by atoms with Gasteiger partial charge in [0.15, 0.2) is 0 Å². The molecule has 24 heavy (non-hydrogen) atoms. The van der Waals surface area contributed by atoms with E-state index in [4.69, 9.17) is 0 Å². The van der Waals surface area contributed by atoms with Gasteiger partial charge in [-0.15, -0.1) is 0 Å². The molecule has 2 N–H and O–H groups in total. The van der Waals surface area contributed by atoms with Crippen molar-refractivity contribution in [2.45, 2.75) is 40.2 Å². The third-order valence-electron chi connectivity index (χ3n) is 3.83. The number of pyridine rings is 1. The van der Waals surface area contributed by atoms with Gasteiger partial charge in [0.05, 0.1) is 6.42 Å². The van der Waals surface area contributed by atoms with Crippen LogP contribution >= 0.6 is 0 Å². The summed E-state index contributed by atoms with van der Waals surface area (Å²) in [6, 6.07) is 5.12. The van der Waals surface area contributed by atoms with E-state index in [0.29, 0.717) is 36.6 Å². The molecule has 2 heterocycles. The SMILES string of the molecule is Cc1nc(C)c(CC(=O)NCCCn2c(C)cccc2=O)c(=O)[nH]1. The Bertz CT molecular complexity index is 852. The number of nitrogens with zero attached hydrogens (tertiary/aromatic N) is 2. The third kappa shape index (κ3) is 4.41. The second-order valence-electron chi connectivity index (χ2n) is 5.75. The Kier molecular flexibility index (Phi) is 5.68. The number of H-pyrrole nitrogens is 1. The summed E-state index contributed by atoms with van der Waals surface area (Å²) in [6.07, 6.45) is 0.636. The van der Waals surface area contributed by atoms with Crippen LogP contribution in [0.25, 0.3) is 0 Å². The summed E-state index contributed by atoms with van der Waals surface area (Å²) in [7, 11) is 0. The highest BCUT2D eigenvalue weighted by atomic mass is 16.2. The van der Waals surface area contributed by atoms with Gasteiger partial charge in [-0.1, -0.05) is 6.07 Å². The first-order chi connectivity index (χ1) is 11.4. The number of amides is 1. The Labute approximate surface area is 139 Å². The monoisotopic (exact) mass is 330 g/mol. The Hall–Kier alpha value is -2.70. The van der Waals surface area contributed by atoms with E-state index >= 15 is 0 Å². The quantitative estimate of drug-likeness (QED) is 0.758. The van der Waals surface area contributed by atoms with Crippen molar-refractivity contribution in [1.82, 2.24) is 19.9 Å². The lowest BCUT2D eigenvalue weighted by Crippen LogP contribution is -2.31.